The van der Waals surface area contributed by atoms with Gasteiger partial charge in [0.05, 0.1) is 11.2 Å². The molecule has 5 nitrogen and oxygen atoms in total. The first kappa shape index (κ1) is 17.5. The summed E-state index contributed by atoms with van der Waals surface area (Å²) < 4.78 is 12.1. The van der Waals surface area contributed by atoms with E-state index >= 15 is 0 Å². The number of para-hydroxylation sites is 1. The molecule has 0 aromatic heterocycles. The molecule has 0 spiro atoms. The Bertz CT molecular complexity index is 729. The fourth-order valence-corrected chi connectivity index (χ4v) is 2.52. The molecule has 6 heteroatoms. The highest BCUT2D eigenvalue weighted by atomic mass is 16.7. The summed E-state index contributed by atoms with van der Waals surface area (Å²) in [7, 11) is -0.405. The Morgan fingerprint density at radius 2 is 1.28 bits per heavy atom. The van der Waals surface area contributed by atoms with Crippen molar-refractivity contribution in [2.24, 2.45) is 0 Å². The zero-order chi connectivity index (χ0) is 18.1. The number of amides is 2. The van der Waals surface area contributed by atoms with Crippen LogP contribution in [0, 0.1) is 0 Å². The topological polar surface area (TPSA) is 59.6 Å². The Labute approximate surface area is 148 Å². The Kier molecular flexibility index (Phi) is 4.58. The molecule has 0 atom stereocenters. The average molecular weight is 338 g/mol. The molecule has 3 rings (SSSR count). The molecule has 1 heterocycles. The van der Waals surface area contributed by atoms with Gasteiger partial charge in [0.15, 0.2) is 0 Å². The molecule has 0 radical (unpaired) electrons. The summed E-state index contributed by atoms with van der Waals surface area (Å²) >= 11 is 0. The van der Waals surface area contributed by atoms with Crippen molar-refractivity contribution in [2.75, 3.05) is 10.6 Å². The lowest BCUT2D eigenvalue weighted by molar-refractivity contribution is 0.00578. The number of carbonyl (C=O) groups excluding carboxylic acids is 1. The lowest BCUT2D eigenvalue weighted by Gasteiger charge is -2.32. The quantitative estimate of drug-likeness (QED) is 0.840. The molecule has 1 fully saturated rings. The summed E-state index contributed by atoms with van der Waals surface area (Å²) in [6.07, 6.45) is 0. The Hall–Kier alpha value is -2.31. The molecular formula is C19H23BN2O3. The van der Waals surface area contributed by atoms with Gasteiger partial charge in [0.1, 0.15) is 0 Å². The van der Waals surface area contributed by atoms with Gasteiger partial charge in [-0.2, -0.15) is 0 Å². The maximum Gasteiger partial charge on any atom is 0.494 e. The highest BCUT2D eigenvalue weighted by Crippen LogP contribution is 2.36. The number of hydrogen-bond donors (Lipinski definition) is 2. The van der Waals surface area contributed by atoms with Gasteiger partial charge in [0, 0.05) is 11.4 Å². The standard InChI is InChI=1S/C19H23BN2O3/c1-18(2)19(3,4)25-20(24-18)14-10-12-16(13-11-14)22-17(23)21-15-8-6-5-7-9-15/h5-13H,1-4H3,(H2,21,22,23). The minimum atomic E-state index is -0.405. The Morgan fingerprint density at radius 3 is 1.80 bits per heavy atom. The maximum absolute atomic E-state index is 12.0. The van der Waals surface area contributed by atoms with E-state index < -0.39 is 7.12 Å². The van der Waals surface area contributed by atoms with Gasteiger partial charge in [-0.3, -0.25) is 0 Å². The lowest BCUT2D eigenvalue weighted by atomic mass is 9.79. The first-order chi connectivity index (χ1) is 11.8. The van der Waals surface area contributed by atoms with Gasteiger partial charge in [-0.25, -0.2) is 4.79 Å². The van der Waals surface area contributed by atoms with Crippen LogP contribution in [0.3, 0.4) is 0 Å². The summed E-state index contributed by atoms with van der Waals surface area (Å²) in [6, 6.07) is 16.5. The fraction of sp³-hybridized carbons (Fsp3) is 0.316. The number of nitrogens with one attached hydrogen (secondary N) is 2. The number of carbonyl (C=O) groups is 1. The SMILES string of the molecule is CC1(C)OB(c2ccc(NC(=O)Nc3ccccc3)cc2)OC1(C)C. The van der Waals surface area contributed by atoms with E-state index in [0.717, 1.165) is 11.2 Å². The molecule has 0 unspecified atom stereocenters. The van der Waals surface area contributed by atoms with Crippen molar-refractivity contribution >= 4 is 30.0 Å². The van der Waals surface area contributed by atoms with Gasteiger partial charge < -0.3 is 19.9 Å². The van der Waals surface area contributed by atoms with Crippen molar-refractivity contribution in [2.45, 2.75) is 38.9 Å². The normalized spacial score (nSPS) is 18.0. The molecule has 0 saturated carbocycles. The molecule has 130 valence electrons. The zero-order valence-corrected chi connectivity index (χ0v) is 15.0. The van der Waals surface area contributed by atoms with Crippen LogP contribution in [0.15, 0.2) is 54.6 Å². The first-order valence-corrected chi connectivity index (χ1v) is 8.35. The highest BCUT2D eigenvalue weighted by molar-refractivity contribution is 6.62. The third kappa shape index (κ3) is 3.86. The second kappa shape index (κ2) is 6.54. The van der Waals surface area contributed by atoms with Crippen molar-refractivity contribution < 1.29 is 14.1 Å². The summed E-state index contributed by atoms with van der Waals surface area (Å²) in [5.41, 5.74) is 1.63. The number of rotatable bonds is 3. The average Bonchev–Trinajstić information content (AvgIpc) is 2.77. The first-order valence-electron chi connectivity index (χ1n) is 8.35. The second-order valence-electron chi connectivity index (χ2n) is 7.16. The summed E-state index contributed by atoms with van der Waals surface area (Å²) in [5, 5.41) is 5.59. The maximum atomic E-state index is 12.0. The third-order valence-electron chi connectivity index (χ3n) is 4.73. The monoisotopic (exact) mass is 338 g/mol. The summed E-state index contributed by atoms with van der Waals surface area (Å²) in [6.45, 7) is 8.10. The summed E-state index contributed by atoms with van der Waals surface area (Å²) in [4.78, 5) is 12.0. The van der Waals surface area contributed by atoms with E-state index in [1.807, 2.05) is 82.3 Å². The van der Waals surface area contributed by atoms with Gasteiger partial charge in [0.25, 0.3) is 0 Å². The smallest absolute Gasteiger partial charge is 0.399 e. The minimum absolute atomic E-state index is 0.283. The van der Waals surface area contributed by atoms with Gasteiger partial charge >= 0.3 is 13.1 Å². The molecule has 2 amide bonds. The predicted octanol–water partition coefficient (Wildman–Crippen LogP) is 3.63. The van der Waals surface area contributed by atoms with E-state index in [2.05, 4.69) is 10.6 Å². The van der Waals surface area contributed by atoms with Crippen molar-refractivity contribution in [1.29, 1.82) is 0 Å². The van der Waals surface area contributed by atoms with Crippen LogP contribution in [0.25, 0.3) is 0 Å². The molecule has 1 saturated heterocycles. The van der Waals surface area contributed by atoms with Gasteiger partial charge in [-0.1, -0.05) is 30.3 Å². The number of anilines is 2. The minimum Gasteiger partial charge on any atom is -0.399 e. The molecule has 2 N–H and O–H groups in total. The van der Waals surface area contributed by atoms with Crippen molar-refractivity contribution in [3.63, 3.8) is 0 Å². The third-order valence-corrected chi connectivity index (χ3v) is 4.73. The van der Waals surface area contributed by atoms with Gasteiger partial charge in [-0.05, 0) is 57.4 Å². The molecule has 1 aliphatic heterocycles. The Balaban J connectivity index is 1.62. The molecule has 0 bridgehead atoms. The van der Waals surface area contributed by atoms with Gasteiger partial charge in [0.2, 0.25) is 0 Å². The van der Waals surface area contributed by atoms with E-state index in [1.165, 1.54) is 0 Å². The van der Waals surface area contributed by atoms with Gasteiger partial charge in [-0.15, -0.1) is 0 Å². The second-order valence-corrected chi connectivity index (χ2v) is 7.16. The highest BCUT2D eigenvalue weighted by Gasteiger charge is 2.51. The van der Waals surface area contributed by atoms with Crippen molar-refractivity contribution in [1.82, 2.24) is 0 Å². The summed E-state index contributed by atoms with van der Waals surface area (Å²) in [5.74, 6) is 0. The van der Waals surface area contributed by atoms with Crippen molar-refractivity contribution in [3.8, 4) is 0 Å². The van der Waals surface area contributed by atoms with Crippen LogP contribution in [0.4, 0.5) is 16.2 Å². The lowest BCUT2D eigenvalue weighted by Crippen LogP contribution is -2.41. The Morgan fingerprint density at radius 1 is 0.800 bits per heavy atom. The van der Waals surface area contributed by atoms with Crippen LogP contribution >= 0.6 is 0 Å². The van der Waals surface area contributed by atoms with Crippen LogP contribution < -0.4 is 16.1 Å². The van der Waals surface area contributed by atoms with E-state index in [9.17, 15) is 4.79 Å². The zero-order valence-electron chi connectivity index (χ0n) is 15.0. The molecule has 1 aliphatic rings. The molecule has 2 aromatic carbocycles. The number of benzene rings is 2. The molecular weight excluding hydrogens is 315 g/mol. The fourth-order valence-electron chi connectivity index (χ4n) is 2.52. The largest absolute Gasteiger partial charge is 0.494 e. The molecule has 2 aromatic rings. The van der Waals surface area contributed by atoms with E-state index in [-0.39, 0.29) is 17.2 Å². The number of urea groups is 1. The van der Waals surface area contributed by atoms with Crippen LogP contribution in [0.2, 0.25) is 0 Å². The van der Waals surface area contributed by atoms with Crippen molar-refractivity contribution in [3.05, 3.63) is 54.6 Å². The number of hydrogen-bond acceptors (Lipinski definition) is 3. The molecule has 25 heavy (non-hydrogen) atoms. The van der Waals surface area contributed by atoms with Crippen LogP contribution in [0.1, 0.15) is 27.7 Å². The van der Waals surface area contributed by atoms with E-state index in [1.54, 1.807) is 0 Å². The predicted molar refractivity (Wildman–Crippen MR) is 101 cm³/mol. The van der Waals surface area contributed by atoms with Crippen LogP contribution in [0.5, 0.6) is 0 Å². The van der Waals surface area contributed by atoms with Crippen LogP contribution in [-0.2, 0) is 9.31 Å². The van der Waals surface area contributed by atoms with E-state index in [0.29, 0.717) is 5.69 Å². The van der Waals surface area contributed by atoms with E-state index in [4.69, 9.17) is 9.31 Å². The van der Waals surface area contributed by atoms with Crippen LogP contribution in [-0.4, -0.2) is 24.4 Å². The molecule has 0 aliphatic carbocycles.